The fourth-order valence-electron chi connectivity index (χ4n) is 3.25. The molecule has 10 nitrogen and oxygen atoms in total. The molecule has 0 radical (unpaired) electrons. The summed E-state index contributed by atoms with van der Waals surface area (Å²) >= 11 is 0. The summed E-state index contributed by atoms with van der Waals surface area (Å²) in [5.74, 6) is -1.35. The van der Waals surface area contributed by atoms with E-state index in [2.05, 4.69) is 0 Å². The molecule has 226 valence electrons. The first-order chi connectivity index (χ1) is 18.3. The Morgan fingerprint density at radius 1 is 0.775 bits per heavy atom. The fraction of sp³-hybridized carbons (Fsp3) is 0.667. The molecule has 10 heteroatoms. The van der Waals surface area contributed by atoms with Crippen LogP contribution >= 0.6 is 0 Å². The van der Waals surface area contributed by atoms with Gasteiger partial charge in [0.1, 0.15) is 18.2 Å². The van der Waals surface area contributed by atoms with Crippen LogP contribution in [0.5, 0.6) is 11.5 Å². The lowest BCUT2D eigenvalue weighted by Gasteiger charge is -2.22. The van der Waals surface area contributed by atoms with E-state index in [0.29, 0.717) is 5.56 Å². The number of esters is 3. The Balaban J connectivity index is 2.95. The van der Waals surface area contributed by atoms with Crippen LogP contribution in [-0.4, -0.2) is 48.9 Å². The average molecular weight is 566 g/mol. The van der Waals surface area contributed by atoms with Gasteiger partial charge in [0, 0.05) is 0 Å². The summed E-state index contributed by atoms with van der Waals surface area (Å²) in [4.78, 5) is 49.5. The van der Waals surface area contributed by atoms with Gasteiger partial charge in [-0.05, 0) is 54.7 Å². The molecule has 0 unspecified atom stereocenters. The second kappa shape index (κ2) is 15.0. The molecule has 1 aromatic rings. The maximum atomic E-state index is 12.7. The molecule has 0 aliphatic rings. The Labute approximate surface area is 238 Å². The molecule has 0 fully saturated rings. The zero-order valence-electron chi connectivity index (χ0n) is 25.6. The van der Waals surface area contributed by atoms with Gasteiger partial charge in [0.2, 0.25) is 0 Å². The van der Waals surface area contributed by atoms with Crippen molar-refractivity contribution in [3.05, 3.63) is 23.8 Å². The van der Waals surface area contributed by atoms with Gasteiger partial charge in [0.25, 0.3) is 0 Å². The number of hydrogen-bond acceptors (Lipinski definition) is 10. The van der Waals surface area contributed by atoms with E-state index in [4.69, 9.17) is 29.4 Å². The number of hydrogen-bond donors (Lipinski definition) is 1. The zero-order chi connectivity index (χ0) is 30.8. The number of rotatable bonds is 12. The van der Waals surface area contributed by atoms with Crippen molar-refractivity contribution in [2.75, 3.05) is 6.61 Å². The van der Waals surface area contributed by atoms with Crippen molar-refractivity contribution in [1.82, 2.24) is 0 Å². The van der Waals surface area contributed by atoms with Crippen LogP contribution in [0.15, 0.2) is 18.2 Å². The van der Waals surface area contributed by atoms with E-state index in [1.54, 1.807) is 19.9 Å². The largest absolute Gasteiger partial charge is 0.508 e. The van der Waals surface area contributed by atoms with Gasteiger partial charge in [-0.25, -0.2) is 4.79 Å². The first kappa shape index (κ1) is 34.9. The molecular weight excluding hydrogens is 518 g/mol. The van der Waals surface area contributed by atoms with Crippen LogP contribution in [0.3, 0.4) is 0 Å². The van der Waals surface area contributed by atoms with E-state index in [1.165, 1.54) is 12.1 Å². The van der Waals surface area contributed by atoms with Crippen LogP contribution in [0, 0.1) is 16.7 Å². The Hall–Kier alpha value is -3.14. The average Bonchev–Trinajstić information content (AvgIpc) is 2.76. The summed E-state index contributed by atoms with van der Waals surface area (Å²) in [5, 5.41) is 0. The van der Waals surface area contributed by atoms with Gasteiger partial charge in [0.05, 0.1) is 19.4 Å². The van der Waals surface area contributed by atoms with Crippen molar-refractivity contribution < 1.29 is 42.9 Å². The van der Waals surface area contributed by atoms with Crippen LogP contribution in [0.4, 0.5) is 4.79 Å². The van der Waals surface area contributed by atoms with Crippen molar-refractivity contribution in [2.45, 2.75) is 107 Å². The first-order valence-electron chi connectivity index (χ1n) is 13.6. The lowest BCUT2D eigenvalue weighted by Crippen LogP contribution is -2.39. The van der Waals surface area contributed by atoms with Crippen LogP contribution in [0.1, 0.15) is 87.6 Å². The number of ether oxygens (including phenoxy) is 5. The van der Waals surface area contributed by atoms with Gasteiger partial charge in [-0.15, -0.1) is 0 Å². The number of nitrogens with two attached hydrogens (primary N) is 1. The van der Waals surface area contributed by atoms with E-state index in [9.17, 15) is 19.2 Å². The van der Waals surface area contributed by atoms with Gasteiger partial charge >= 0.3 is 24.1 Å². The van der Waals surface area contributed by atoms with Crippen molar-refractivity contribution in [3.63, 3.8) is 0 Å². The molecule has 0 aliphatic heterocycles. The maximum Gasteiger partial charge on any atom is 0.508 e. The van der Waals surface area contributed by atoms with Crippen molar-refractivity contribution in [2.24, 2.45) is 22.5 Å². The molecule has 2 N–H and O–H groups in total. The van der Waals surface area contributed by atoms with E-state index < -0.39 is 42.3 Å². The molecule has 0 heterocycles. The van der Waals surface area contributed by atoms with Crippen molar-refractivity contribution in [1.29, 1.82) is 0 Å². The Kier molecular flexibility index (Phi) is 13.1. The van der Waals surface area contributed by atoms with E-state index in [1.807, 2.05) is 55.4 Å². The van der Waals surface area contributed by atoms with E-state index in [-0.39, 0.29) is 54.1 Å². The summed E-state index contributed by atoms with van der Waals surface area (Å²) < 4.78 is 26.6. The standard InChI is InChI=1S/C30H47NO9/c1-18(2)17-36-28(35)38-20(4)19(3)37-27(34)22(31)13-21-11-12-23(39-25(32)15-29(5,6)7)24(14-21)40-26(33)16-30(8,9)10/h11-12,14,18-20,22H,13,15-17,31H2,1-10H3/t19-,20-,22-/m0/s1. The normalized spacial score (nSPS) is 14.1. The summed E-state index contributed by atoms with van der Waals surface area (Å²) in [6, 6.07) is 3.60. The highest BCUT2D eigenvalue weighted by Gasteiger charge is 2.26. The van der Waals surface area contributed by atoms with Gasteiger partial charge < -0.3 is 29.4 Å². The summed E-state index contributed by atoms with van der Waals surface area (Å²) in [6.45, 7) is 18.6. The topological polar surface area (TPSA) is 140 Å². The molecule has 0 aromatic heterocycles. The second-order valence-corrected chi connectivity index (χ2v) is 12.9. The SMILES string of the molecule is CC(C)COC(=O)O[C@@H](C)[C@H](C)OC(=O)[C@@H](N)Cc1ccc(OC(=O)CC(C)(C)C)c(OC(=O)CC(C)(C)C)c1. The smallest absolute Gasteiger partial charge is 0.458 e. The number of carbonyl (C=O) groups is 4. The van der Waals surface area contributed by atoms with E-state index >= 15 is 0 Å². The molecule has 0 saturated heterocycles. The molecule has 0 spiro atoms. The monoisotopic (exact) mass is 565 g/mol. The molecule has 0 amide bonds. The number of benzene rings is 1. The van der Waals surface area contributed by atoms with Crippen LogP contribution < -0.4 is 15.2 Å². The fourth-order valence-corrected chi connectivity index (χ4v) is 3.25. The molecule has 0 saturated carbocycles. The molecule has 40 heavy (non-hydrogen) atoms. The number of carbonyl (C=O) groups excluding carboxylic acids is 4. The molecule has 1 aromatic carbocycles. The molecule has 0 aliphatic carbocycles. The highest BCUT2D eigenvalue weighted by Crippen LogP contribution is 2.32. The third kappa shape index (κ3) is 14.3. The predicted molar refractivity (Wildman–Crippen MR) is 150 cm³/mol. The van der Waals surface area contributed by atoms with Gasteiger partial charge in [-0.1, -0.05) is 61.5 Å². The van der Waals surface area contributed by atoms with Crippen LogP contribution in [0.25, 0.3) is 0 Å². The zero-order valence-corrected chi connectivity index (χ0v) is 25.6. The van der Waals surface area contributed by atoms with Gasteiger partial charge in [-0.2, -0.15) is 0 Å². The molecule has 0 bridgehead atoms. The van der Waals surface area contributed by atoms with Crippen molar-refractivity contribution in [3.8, 4) is 11.5 Å². The third-order valence-corrected chi connectivity index (χ3v) is 5.34. The Morgan fingerprint density at radius 2 is 1.27 bits per heavy atom. The highest BCUT2D eigenvalue weighted by atomic mass is 16.7. The van der Waals surface area contributed by atoms with E-state index in [0.717, 1.165) is 0 Å². The summed E-state index contributed by atoms with van der Waals surface area (Å²) in [5.41, 5.74) is 6.06. The summed E-state index contributed by atoms with van der Waals surface area (Å²) in [7, 11) is 0. The minimum atomic E-state index is -1.06. The lowest BCUT2D eigenvalue weighted by atomic mass is 9.92. The van der Waals surface area contributed by atoms with Gasteiger partial charge in [-0.3, -0.25) is 14.4 Å². The maximum absolute atomic E-state index is 12.7. The predicted octanol–water partition coefficient (Wildman–Crippen LogP) is 5.37. The molecule has 1 rings (SSSR count). The van der Waals surface area contributed by atoms with Gasteiger partial charge in [0.15, 0.2) is 11.5 Å². The van der Waals surface area contributed by atoms with Crippen LogP contribution in [0.2, 0.25) is 0 Å². The molecule has 3 atom stereocenters. The first-order valence-corrected chi connectivity index (χ1v) is 13.6. The van der Waals surface area contributed by atoms with Crippen molar-refractivity contribution >= 4 is 24.1 Å². The van der Waals surface area contributed by atoms with Crippen LogP contribution in [-0.2, 0) is 35.0 Å². The summed E-state index contributed by atoms with van der Waals surface area (Å²) in [6.07, 6.45) is -2.02. The highest BCUT2D eigenvalue weighted by molar-refractivity contribution is 5.78. The quantitative estimate of drug-likeness (QED) is 0.260. The Bertz CT molecular complexity index is 1020. The Morgan fingerprint density at radius 3 is 1.77 bits per heavy atom. The minimum Gasteiger partial charge on any atom is -0.458 e. The third-order valence-electron chi connectivity index (χ3n) is 5.34. The minimum absolute atomic E-state index is 0.0528. The lowest BCUT2D eigenvalue weighted by molar-refractivity contribution is -0.155. The molecular formula is C30H47NO9. The second-order valence-electron chi connectivity index (χ2n) is 12.9.